The fourth-order valence-corrected chi connectivity index (χ4v) is 3.72. The van der Waals surface area contributed by atoms with Gasteiger partial charge in [-0.05, 0) is 62.3 Å². The molecule has 1 aliphatic rings. The van der Waals surface area contributed by atoms with Crippen LogP contribution in [0.2, 0.25) is 0 Å². The van der Waals surface area contributed by atoms with Crippen molar-refractivity contribution in [1.29, 1.82) is 0 Å². The second-order valence-electron chi connectivity index (χ2n) is 7.43. The quantitative estimate of drug-likeness (QED) is 0.701. The standard InChI is InChI=1S/C23H27FN2O2/c24-20-9-4-10-21(16-20)26-23(28)19-13-11-18(12-14-19)22(27)25-15-5-8-17-6-2-1-3-7-17/h1-4,6-7,9-10,16,18-19H,5,8,11-15H2,(H,25,27)(H,26,28). The van der Waals surface area contributed by atoms with Crippen LogP contribution in [0.15, 0.2) is 54.6 Å². The maximum atomic E-state index is 13.2. The van der Waals surface area contributed by atoms with Gasteiger partial charge < -0.3 is 10.6 Å². The Morgan fingerprint density at radius 3 is 2.25 bits per heavy atom. The van der Waals surface area contributed by atoms with Gasteiger partial charge in [0, 0.05) is 24.1 Å². The number of aryl methyl sites for hydroxylation is 1. The summed E-state index contributed by atoms with van der Waals surface area (Å²) in [5.41, 5.74) is 1.75. The first-order chi connectivity index (χ1) is 13.6. The van der Waals surface area contributed by atoms with E-state index in [9.17, 15) is 14.0 Å². The Kier molecular flexibility index (Phi) is 7.18. The van der Waals surface area contributed by atoms with Crippen LogP contribution in [-0.2, 0) is 16.0 Å². The van der Waals surface area contributed by atoms with Gasteiger partial charge >= 0.3 is 0 Å². The molecule has 0 bridgehead atoms. The first-order valence-corrected chi connectivity index (χ1v) is 10.00. The summed E-state index contributed by atoms with van der Waals surface area (Å²) < 4.78 is 13.2. The minimum atomic E-state index is -0.370. The molecule has 0 aliphatic heterocycles. The highest BCUT2D eigenvalue weighted by Gasteiger charge is 2.29. The molecule has 28 heavy (non-hydrogen) atoms. The Hall–Kier alpha value is -2.69. The van der Waals surface area contributed by atoms with E-state index in [0.29, 0.717) is 37.9 Å². The van der Waals surface area contributed by atoms with Gasteiger partial charge in [-0.1, -0.05) is 36.4 Å². The topological polar surface area (TPSA) is 58.2 Å². The first-order valence-electron chi connectivity index (χ1n) is 10.00. The van der Waals surface area contributed by atoms with Crippen molar-refractivity contribution in [1.82, 2.24) is 5.32 Å². The number of benzene rings is 2. The minimum Gasteiger partial charge on any atom is -0.356 e. The number of anilines is 1. The third-order valence-corrected chi connectivity index (χ3v) is 5.35. The summed E-state index contributed by atoms with van der Waals surface area (Å²) in [5, 5.41) is 5.81. The maximum Gasteiger partial charge on any atom is 0.227 e. The summed E-state index contributed by atoms with van der Waals surface area (Å²) in [6.45, 7) is 0.674. The number of carbonyl (C=O) groups is 2. The molecule has 0 radical (unpaired) electrons. The molecule has 2 aromatic rings. The molecule has 1 fully saturated rings. The van der Waals surface area contributed by atoms with Crippen molar-refractivity contribution in [3.63, 3.8) is 0 Å². The molecule has 0 unspecified atom stereocenters. The summed E-state index contributed by atoms with van der Waals surface area (Å²) in [6.07, 6.45) is 4.67. The van der Waals surface area contributed by atoms with E-state index < -0.39 is 0 Å². The van der Waals surface area contributed by atoms with Crippen LogP contribution in [0.3, 0.4) is 0 Å². The van der Waals surface area contributed by atoms with Gasteiger partial charge in [0.2, 0.25) is 11.8 Å². The van der Waals surface area contributed by atoms with Crippen molar-refractivity contribution >= 4 is 17.5 Å². The predicted octanol–water partition coefficient (Wildman–Crippen LogP) is 4.32. The molecule has 2 aromatic carbocycles. The molecule has 2 amide bonds. The first kappa shape index (κ1) is 20.1. The molecule has 0 atom stereocenters. The Balaban J connectivity index is 1.36. The lowest BCUT2D eigenvalue weighted by Crippen LogP contribution is -2.36. The average molecular weight is 382 g/mol. The van der Waals surface area contributed by atoms with Gasteiger partial charge in [-0.2, -0.15) is 0 Å². The number of amides is 2. The highest BCUT2D eigenvalue weighted by molar-refractivity contribution is 5.92. The lowest BCUT2D eigenvalue weighted by Gasteiger charge is -2.27. The normalized spacial score (nSPS) is 19.0. The summed E-state index contributed by atoms with van der Waals surface area (Å²) in [6, 6.07) is 16.1. The lowest BCUT2D eigenvalue weighted by molar-refractivity contribution is -0.128. The van der Waals surface area contributed by atoms with E-state index in [1.807, 2.05) is 18.2 Å². The summed E-state index contributed by atoms with van der Waals surface area (Å²) in [5.74, 6) is -0.504. The van der Waals surface area contributed by atoms with Gasteiger partial charge in [-0.3, -0.25) is 9.59 Å². The molecule has 1 aliphatic carbocycles. The molecule has 0 spiro atoms. The summed E-state index contributed by atoms with van der Waals surface area (Å²) >= 11 is 0. The van der Waals surface area contributed by atoms with Crippen molar-refractivity contribution in [3.05, 3.63) is 66.0 Å². The lowest BCUT2D eigenvalue weighted by atomic mass is 9.81. The van der Waals surface area contributed by atoms with Gasteiger partial charge in [0.15, 0.2) is 0 Å². The van der Waals surface area contributed by atoms with Crippen LogP contribution in [0.1, 0.15) is 37.7 Å². The zero-order chi connectivity index (χ0) is 19.8. The third kappa shape index (κ3) is 5.91. The van der Waals surface area contributed by atoms with Crippen LogP contribution < -0.4 is 10.6 Å². The van der Waals surface area contributed by atoms with E-state index in [0.717, 1.165) is 12.8 Å². The van der Waals surface area contributed by atoms with Crippen LogP contribution in [0.25, 0.3) is 0 Å². The minimum absolute atomic E-state index is 0.0186. The van der Waals surface area contributed by atoms with Gasteiger partial charge in [0.05, 0.1) is 0 Å². The van der Waals surface area contributed by atoms with Crippen molar-refractivity contribution in [2.24, 2.45) is 11.8 Å². The SMILES string of the molecule is O=C(NCCCc1ccccc1)C1CCC(C(=O)Nc2cccc(F)c2)CC1. The van der Waals surface area contributed by atoms with Gasteiger partial charge in [0.25, 0.3) is 0 Å². The maximum absolute atomic E-state index is 13.2. The molecule has 0 heterocycles. The molecule has 5 heteroatoms. The average Bonchev–Trinajstić information content (AvgIpc) is 2.72. The van der Waals surface area contributed by atoms with Crippen LogP contribution >= 0.6 is 0 Å². The Morgan fingerprint density at radius 1 is 0.893 bits per heavy atom. The highest BCUT2D eigenvalue weighted by atomic mass is 19.1. The number of carbonyl (C=O) groups excluding carboxylic acids is 2. The molecule has 1 saturated carbocycles. The van der Waals surface area contributed by atoms with E-state index in [4.69, 9.17) is 0 Å². The van der Waals surface area contributed by atoms with Crippen molar-refractivity contribution in [2.45, 2.75) is 38.5 Å². The number of hydrogen-bond acceptors (Lipinski definition) is 2. The fourth-order valence-electron chi connectivity index (χ4n) is 3.72. The van der Waals surface area contributed by atoms with Gasteiger partial charge in [-0.25, -0.2) is 4.39 Å². The Morgan fingerprint density at radius 2 is 1.57 bits per heavy atom. The van der Waals surface area contributed by atoms with Crippen LogP contribution in [0.5, 0.6) is 0 Å². The van der Waals surface area contributed by atoms with E-state index in [2.05, 4.69) is 22.8 Å². The molecule has 4 nitrogen and oxygen atoms in total. The largest absolute Gasteiger partial charge is 0.356 e. The summed E-state index contributed by atoms with van der Waals surface area (Å²) in [4.78, 5) is 24.7. The predicted molar refractivity (Wildman–Crippen MR) is 108 cm³/mol. The Labute approximate surface area is 165 Å². The van der Waals surface area contributed by atoms with Crippen molar-refractivity contribution in [2.75, 3.05) is 11.9 Å². The second-order valence-corrected chi connectivity index (χ2v) is 7.43. The van der Waals surface area contributed by atoms with Crippen molar-refractivity contribution < 1.29 is 14.0 Å². The monoisotopic (exact) mass is 382 g/mol. The number of rotatable bonds is 7. The molecule has 2 N–H and O–H groups in total. The van der Waals surface area contributed by atoms with Gasteiger partial charge in [0.1, 0.15) is 5.82 Å². The molecule has 0 aromatic heterocycles. The second kappa shape index (κ2) is 10.0. The Bertz CT molecular complexity index is 786. The van der Waals surface area contributed by atoms with Gasteiger partial charge in [-0.15, -0.1) is 0 Å². The smallest absolute Gasteiger partial charge is 0.227 e. The molecular formula is C23H27FN2O2. The van der Waals surface area contributed by atoms with E-state index in [1.54, 1.807) is 12.1 Å². The zero-order valence-electron chi connectivity index (χ0n) is 16.0. The summed E-state index contributed by atoms with van der Waals surface area (Å²) in [7, 11) is 0. The number of hydrogen-bond donors (Lipinski definition) is 2. The molecular weight excluding hydrogens is 355 g/mol. The molecule has 148 valence electrons. The van der Waals surface area contributed by atoms with Crippen LogP contribution in [-0.4, -0.2) is 18.4 Å². The van der Waals surface area contributed by atoms with E-state index in [-0.39, 0.29) is 29.5 Å². The third-order valence-electron chi connectivity index (χ3n) is 5.35. The van der Waals surface area contributed by atoms with E-state index >= 15 is 0 Å². The molecule has 0 saturated heterocycles. The van der Waals surface area contributed by atoms with Crippen molar-refractivity contribution in [3.8, 4) is 0 Å². The fraction of sp³-hybridized carbons (Fsp3) is 0.391. The van der Waals surface area contributed by atoms with E-state index in [1.165, 1.54) is 17.7 Å². The number of nitrogens with one attached hydrogen (secondary N) is 2. The van der Waals surface area contributed by atoms with Crippen LogP contribution in [0.4, 0.5) is 10.1 Å². The number of halogens is 1. The zero-order valence-corrected chi connectivity index (χ0v) is 16.0. The van der Waals surface area contributed by atoms with Crippen LogP contribution in [0, 0.1) is 17.7 Å². The highest BCUT2D eigenvalue weighted by Crippen LogP contribution is 2.30. The molecule has 3 rings (SSSR count).